The zero-order chi connectivity index (χ0) is 31.8. The van der Waals surface area contributed by atoms with E-state index >= 15 is 0 Å². The molecule has 0 radical (unpaired) electrons. The number of fused-ring (bicyclic) bond motifs is 1. The Balaban J connectivity index is 1.29. The van der Waals surface area contributed by atoms with Crippen LogP contribution in [0.15, 0.2) is 40.9 Å². The van der Waals surface area contributed by atoms with Crippen molar-refractivity contribution in [1.82, 2.24) is 19.8 Å². The van der Waals surface area contributed by atoms with Gasteiger partial charge in [0.2, 0.25) is 0 Å². The first-order valence-electron chi connectivity index (χ1n) is 16.3. The highest BCUT2D eigenvalue weighted by Crippen LogP contribution is 2.45. The average molecular weight is 681 g/mol. The number of halogens is 1. The molecule has 2 aromatic carbocycles. The molecular weight excluding hydrogens is 634 g/mol. The maximum Gasteiger partial charge on any atom is 0.410 e. The number of ether oxygens (including phenoxy) is 3. The minimum atomic E-state index is -0.486. The molecule has 9 nitrogen and oxygen atoms in total. The molecule has 4 heterocycles. The maximum atomic E-state index is 12.6. The first-order chi connectivity index (χ1) is 21.5. The van der Waals surface area contributed by atoms with Crippen LogP contribution >= 0.6 is 15.9 Å². The van der Waals surface area contributed by atoms with Gasteiger partial charge in [-0.1, -0.05) is 37.3 Å². The highest BCUT2D eigenvalue weighted by molar-refractivity contribution is 9.10. The van der Waals surface area contributed by atoms with Crippen molar-refractivity contribution in [2.24, 2.45) is 5.41 Å². The predicted molar refractivity (Wildman–Crippen MR) is 180 cm³/mol. The Labute approximate surface area is 275 Å². The van der Waals surface area contributed by atoms with Gasteiger partial charge in [-0.2, -0.15) is 9.97 Å². The van der Waals surface area contributed by atoms with Crippen LogP contribution in [0.4, 0.5) is 10.6 Å². The van der Waals surface area contributed by atoms with Gasteiger partial charge in [0.1, 0.15) is 29.6 Å². The van der Waals surface area contributed by atoms with Gasteiger partial charge in [-0.3, -0.25) is 0 Å². The van der Waals surface area contributed by atoms with Crippen LogP contribution in [0.3, 0.4) is 0 Å². The Bertz CT molecular complexity index is 1500. The smallest absolute Gasteiger partial charge is 0.410 e. The number of rotatable bonds is 7. The molecule has 0 N–H and O–H groups in total. The van der Waals surface area contributed by atoms with Crippen molar-refractivity contribution >= 4 is 38.7 Å². The van der Waals surface area contributed by atoms with E-state index in [1.807, 2.05) is 43.9 Å². The normalized spacial score (nSPS) is 19.1. The summed E-state index contributed by atoms with van der Waals surface area (Å²) in [5.41, 5.74) is 2.66. The van der Waals surface area contributed by atoms with Crippen molar-refractivity contribution in [2.45, 2.75) is 78.1 Å². The molecule has 3 aliphatic heterocycles. The number of piperidine rings is 2. The van der Waals surface area contributed by atoms with Gasteiger partial charge in [0, 0.05) is 50.1 Å². The van der Waals surface area contributed by atoms with E-state index in [-0.39, 0.29) is 17.6 Å². The van der Waals surface area contributed by atoms with Gasteiger partial charge in [-0.05, 0) is 93.0 Å². The largest absolute Gasteiger partial charge is 0.485 e. The molecule has 10 heteroatoms. The summed E-state index contributed by atoms with van der Waals surface area (Å²) in [4.78, 5) is 29.3. The van der Waals surface area contributed by atoms with Crippen LogP contribution < -0.4 is 14.4 Å². The minimum absolute atomic E-state index is 0.0805. The van der Waals surface area contributed by atoms with Crippen LogP contribution in [-0.2, 0) is 17.8 Å². The van der Waals surface area contributed by atoms with Gasteiger partial charge in [-0.15, -0.1) is 0 Å². The second-order valence-corrected chi connectivity index (χ2v) is 14.8. The van der Waals surface area contributed by atoms with E-state index < -0.39 is 5.60 Å². The SMILES string of the molecule is CCc1cc2c(N3CCC4(CC3)CN(C(=O)OC(C)(C)C)C4)nc(OC3CCN(C)CC3)nc2c(OCc2ccccc2)c1Br. The molecule has 3 fully saturated rings. The van der Waals surface area contributed by atoms with Crippen LogP contribution in [0.1, 0.15) is 64.5 Å². The molecule has 0 saturated carbocycles. The second kappa shape index (κ2) is 12.9. The number of aryl methyl sites for hydroxylation is 1. The Morgan fingerprint density at radius 2 is 1.73 bits per heavy atom. The summed E-state index contributed by atoms with van der Waals surface area (Å²) < 4.78 is 19.6. The number of anilines is 1. The third-order valence-corrected chi connectivity index (χ3v) is 10.2. The van der Waals surface area contributed by atoms with E-state index in [0.29, 0.717) is 12.6 Å². The Kier molecular flexibility index (Phi) is 9.17. The minimum Gasteiger partial charge on any atom is -0.485 e. The van der Waals surface area contributed by atoms with E-state index in [1.165, 1.54) is 0 Å². The summed E-state index contributed by atoms with van der Waals surface area (Å²) in [6.07, 6.45) is 4.57. The number of nitrogens with zero attached hydrogens (tertiary/aromatic N) is 5. The number of hydrogen-bond donors (Lipinski definition) is 0. The number of amides is 1. The first-order valence-corrected chi connectivity index (χ1v) is 17.1. The fourth-order valence-electron chi connectivity index (χ4n) is 6.62. The summed E-state index contributed by atoms with van der Waals surface area (Å²) in [5.74, 6) is 1.62. The predicted octanol–water partition coefficient (Wildman–Crippen LogP) is 6.84. The quantitative estimate of drug-likeness (QED) is 0.269. The molecule has 0 atom stereocenters. The Hall–Kier alpha value is -3.11. The van der Waals surface area contributed by atoms with Crippen LogP contribution in [0.5, 0.6) is 11.8 Å². The van der Waals surface area contributed by atoms with E-state index in [1.54, 1.807) is 0 Å². The van der Waals surface area contributed by atoms with Crippen LogP contribution in [0.25, 0.3) is 10.9 Å². The van der Waals surface area contributed by atoms with Gasteiger partial charge < -0.3 is 28.9 Å². The number of hydrogen-bond acceptors (Lipinski definition) is 8. The van der Waals surface area contributed by atoms with E-state index in [0.717, 1.165) is 109 Å². The molecule has 0 unspecified atom stereocenters. The molecule has 0 aliphatic carbocycles. The van der Waals surface area contributed by atoms with Gasteiger partial charge in [-0.25, -0.2) is 4.79 Å². The first kappa shape index (κ1) is 31.9. The Morgan fingerprint density at radius 1 is 1.04 bits per heavy atom. The molecule has 1 aromatic heterocycles. The lowest BCUT2D eigenvalue weighted by Gasteiger charge is -2.53. The van der Waals surface area contributed by atoms with Gasteiger partial charge >= 0.3 is 12.1 Å². The lowest BCUT2D eigenvalue weighted by molar-refractivity contribution is -0.0434. The lowest BCUT2D eigenvalue weighted by atomic mass is 9.72. The van der Waals surface area contributed by atoms with Crippen LogP contribution in [-0.4, -0.2) is 83.9 Å². The van der Waals surface area contributed by atoms with Gasteiger partial charge in [0.05, 0.1) is 4.47 Å². The summed E-state index contributed by atoms with van der Waals surface area (Å²) in [5, 5.41) is 0.980. The number of aromatic nitrogens is 2. The van der Waals surface area contributed by atoms with Crippen LogP contribution in [0.2, 0.25) is 0 Å². The molecule has 1 spiro atoms. The highest BCUT2D eigenvalue weighted by atomic mass is 79.9. The second-order valence-electron chi connectivity index (χ2n) is 14.0. The summed E-state index contributed by atoms with van der Waals surface area (Å²) >= 11 is 3.87. The number of benzene rings is 2. The number of carbonyl (C=O) groups excluding carboxylic acids is 1. The monoisotopic (exact) mass is 679 g/mol. The van der Waals surface area contributed by atoms with Crippen molar-refractivity contribution < 1.29 is 19.0 Å². The van der Waals surface area contributed by atoms with Crippen LogP contribution in [0, 0.1) is 5.41 Å². The van der Waals surface area contributed by atoms with Crippen molar-refractivity contribution in [3.63, 3.8) is 0 Å². The summed E-state index contributed by atoms with van der Waals surface area (Å²) in [6, 6.07) is 12.8. The number of carbonyl (C=O) groups is 1. The van der Waals surface area contributed by atoms with E-state index in [4.69, 9.17) is 24.2 Å². The molecule has 3 saturated heterocycles. The third-order valence-electron chi connectivity index (χ3n) is 9.29. The molecule has 3 aromatic rings. The summed E-state index contributed by atoms with van der Waals surface area (Å²) in [6.45, 7) is 13.5. The Morgan fingerprint density at radius 3 is 2.38 bits per heavy atom. The van der Waals surface area contributed by atoms with Crippen molar-refractivity contribution in [1.29, 1.82) is 0 Å². The van der Waals surface area contributed by atoms with Crippen molar-refractivity contribution in [3.05, 3.63) is 52.0 Å². The average Bonchev–Trinajstić information content (AvgIpc) is 3.00. The van der Waals surface area contributed by atoms with Crippen molar-refractivity contribution in [3.8, 4) is 11.8 Å². The highest BCUT2D eigenvalue weighted by Gasteiger charge is 2.48. The molecular formula is C35H46BrN5O4. The van der Waals surface area contributed by atoms with Gasteiger partial charge in [0.25, 0.3) is 0 Å². The van der Waals surface area contributed by atoms with E-state index in [9.17, 15) is 4.79 Å². The molecule has 45 heavy (non-hydrogen) atoms. The van der Waals surface area contributed by atoms with Gasteiger partial charge in [0.15, 0.2) is 5.75 Å². The molecule has 1 amide bonds. The van der Waals surface area contributed by atoms with Crippen molar-refractivity contribution in [2.75, 3.05) is 51.2 Å². The zero-order valence-electron chi connectivity index (χ0n) is 27.3. The fourth-order valence-corrected chi connectivity index (χ4v) is 7.32. The molecule has 6 rings (SSSR count). The lowest BCUT2D eigenvalue weighted by Crippen LogP contribution is -2.62. The zero-order valence-corrected chi connectivity index (χ0v) is 28.9. The fraction of sp³-hybridized carbons (Fsp3) is 0.571. The molecule has 0 bridgehead atoms. The number of likely N-dealkylation sites (tertiary alicyclic amines) is 2. The topological polar surface area (TPSA) is 80.3 Å². The maximum absolute atomic E-state index is 12.6. The standard InChI is InChI=1S/C35H46BrN5O4/c1-6-25-20-27-29(30(28(25)36)43-21-24-10-8-7-9-11-24)37-32(44-26-12-16-39(5)17-13-26)38-31(27)40-18-14-35(15-19-40)22-41(23-35)33(42)45-34(2,3)4/h7-11,20,26H,6,12-19,21-23H2,1-5H3. The molecule has 3 aliphatic rings. The van der Waals surface area contributed by atoms with E-state index in [2.05, 4.69) is 57.9 Å². The summed E-state index contributed by atoms with van der Waals surface area (Å²) in [7, 11) is 2.15. The third kappa shape index (κ3) is 7.17. The molecule has 242 valence electrons.